The summed E-state index contributed by atoms with van der Waals surface area (Å²) in [5, 5.41) is 9.08. The van der Waals surface area contributed by atoms with Crippen LogP contribution < -0.4 is 5.63 Å². The molecule has 1 aliphatic rings. The van der Waals surface area contributed by atoms with Crippen LogP contribution in [0.15, 0.2) is 27.6 Å². The van der Waals surface area contributed by atoms with Crippen molar-refractivity contribution in [3.8, 4) is 0 Å². The molecule has 0 aromatic carbocycles. The highest BCUT2D eigenvalue weighted by Crippen LogP contribution is 2.30. The van der Waals surface area contributed by atoms with Gasteiger partial charge in [0, 0.05) is 19.2 Å². The van der Waals surface area contributed by atoms with E-state index in [4.69, 9.17) is 5.11 Å². The summed E-state index contributed by atoms with van der Waals surface area (Å²) < 4.78 is 4.62. The van der Waals surface area contributed by atoms with Crippen molar-refractivity contribution in [3.05, 3.63) is 34.4 Å². The Kier molecular flexibility index (Phi) is 2.94. The number of carbonyl (C=O) groups is 2. The van der Waals surface area contributed by atoms with Gasteiger partial charge >= 0.3 is 11.6 Å². The second-order valence-corrected chi connectivity index (χ2v) is 4.69. The lowest BCUT2D eigenvalue weighted by Gasteiger charge is -2.19. The van der Waals surface area contributed by atoms with Crippen molar-refractivity contribution in [1.82, 2.24) is 4.90 Å². The number of hydrogen-bond acceptors (Lipinski definition) is 4. The van der Waals surface area contributed by atoms with Crippen molar-refractivity contribution >= 4 is 11.9 Å². The molecule has 0 aliphatic carbocycles. The molecule has 1 unspecified atom stereocenters. The number of nitrogens with zero attached hydrogens (tertiary/aromatic N) is 1. The van der Waals surface area contributed by atoms with Gasteiger partial charge in [-0.2, -0.15) is 0 Å². The minimum absolute atomic E-state index is 0.167. The van der Waals surface area contributed by atoms with Crippen LogP contribution in [0.4, 0.5) is 0 Å². The van der Waals surface area contributed by atoms with Gasteiger partial charge in [0.25, 0.3) is 5.91 Å². The van der Waals surface area contributed by atoms with Crippen molar-refractivity contribution in [3.63, 3.8) is 0 Å². The molecule has 2 rings (SSSR count). The predicted octanol–water partition coefficient (Wildman–Crippen LogP) is 0.577. The van der Waals surface area contributed by atoms with Crippen LogP contribution in [0.1, 0.15) is 23.7 Å². The molecule has 1 amide bonds. The number of carbonyl (C=O) groups excluding carboxylic acids is 1. The van der Waals surface area contributed by atoms with Gasteiger partial charge in [-0.25, -0.2) is 4.79 Å². The van der Waals surface area contributed by atoms with Gasteiger partial charge in [-0.05, 0) is 19.4 Å². The van der Waals surface area contributed by atoms with E-state index in [1.807, 2.05) is 0 Å². The van der Waals surface area contributed by atoms with Crippen molar-refractivity contribution in [2.45, 2.75) is 13.3 Å². The van der Waals surface area contributed by atoms with E-state index in [2.05, 4.69) is 4.42 Å². The quantitative estimate of drug-likeness (QED) is 0.830. The van der Waals surface area contributed by atoms with Crippen LogP contribution in [0, 0.1) is 5.41 Å². The first-order chi connectivity index (χ1) is 8.42. The van der Waals surface area contributed by atoms with Gasteiger partial charge in [0.2, 0.25) is 0 Å². The number of hydrogen-bond donors (Lipinski definition) is 1. The van der Waals surface area contributed by atoms with Crippen LogP contribution in [0.2, 0.25) is 0 Å². The zero-order valence-electron chi connectivity index (χ0n) is 9.88. The second-order valence-electron chi connectivity index (χ2n) is 4.69. The van der Waals surface area contributed by atoms with Gasteiger partial charge in [0.05, 0.1) is 11.0 Å². The molecular formula is C12H13NO5. The largest absolute Gasteiger partial charge is 0.481 e. The number of carboxylic acid groups (broad SMARTS) is 1. The molecule has 18 heavy (non-hydrogen) atoms. The van der Waals surface area contributed by atoms with Gasteiger partial charge in [-0.1, -0.05) is 0 Å². The molecule has 2 heterocycles. The highest BCUT2D eigenvalue weighted by Gasteiger charge is 2.42. The molecule has 0 saturated carbocycles. The summed E-state index contributed by atoms with van der Waals surface area (Å²) in [6.45, 7) is 2.18. The zero-order chi connectivity index (χ0) is 13.3. The number of aliphatic carboxylic acids is 1. The molecule has 1 aromatic heterocycles. The van der Waals surface area contributed by atoms with Crippen LogP contribution >= 0.6 is 0 Å². The minimum Gasteiger partial charge on any atom is -0.481 e. The Balaban J connectivity index is 2.15. The van der Waals surface area contributed by atoms with Crippen molar-refractivity contribution in [1.29, 1.82) is 0 Å². The molecule has 1 aromatic rings. The van der Waals surface area contributed by atoms with Crippen LogP contribution in [-0.4, -0.2) is 35.0 Å². The van der Waals surface area contributed by atoms with Gasteiger partial charge in [0.15, 0.2) is 0 Å². The molecule has 1 fully saturated rings. The Morgan fingerprint density at radius 1 is 1.44 bits per heavy atom. The Bertz CT molecular complexity index is 529. The number of rotatable bonds is 2. The maximum absolute atomic E-state index is 12.0. The Morgan fingerprint density at radius 3 is 2.67 bits per heavy atom. The Morgan fingerprint density at radius 2 is 2.17 bits per heavy atom. The fraction of sp³-hybridized carbons (Fsp3) is 0.417. The van der Waals surface area contributed by atoms with Crippen LogP contribution in [-0.2, 0) is 4.79 Å². The molecule has 0 bridgehead atoms. The third-order valence-electron chi connectivity index (χ3n) is 3.22. The highest BCUT2D eigenvalue weighted by atomic mass is 16.4. The van der Waals surface area contributed by atoms with Crippen LogP contribution in [0.25, 0.3) is 0 Å². The molecule has 1 N–H and O–H groups in total. The van der Waals surface area contributed by atoms with E-state index in [0.29, 0.717) is 13.0 Å². The highest BCUT2D eigenvalue weighted by molar-refractivity contribution is 5.94. The van der Waals surface area contributed by atoms with Crippen LogP contribution in [0.3, 0.4) is 0 Å². The standard InChI is InChI=1S/C12H13NO5/c1-12(11(16)17)4-5-13(7-12)10(15)8-2-3-9(14)18-6-8/h2-3,6H,4-5,7H2,1H3,(H,16,17). The summed E-state index contributed by atoms with van der Waals surface area (Å²) >= 11 is 0. The molecule has 1 saturated heterocycles. The number of carboxylic acids is 1. The average molecular weight is 251 g/mol. The molecule has 1 atom stereocenters. The lowest BCUT2D eigenvalue weighted by Crippen LogP contribution is -2.34. The third-order valence-corrected chi connectivity index (χ3v) is 3.22. The summed E-state index contributed by atoms with van der Waals surface area (Å²) in [5.74, 6) is -1.22. The van der Waals surface area contributed by atoms with Gasteiger partial charge in [-0.15, -0.1) is 0 Å². The topological polar surface area (TPSA) is 87.8 Å². The summed E-state index contributed by atoms with van der Waals surface area (Å²) in [5.41, 5.74) is -1.17. The second kappa shape index (κ2) is 4.29. The van der Waals surface area contributed by atoms with E-state index in [1.165, 1.54) is 17.0 Å². The van der Waals surface area contributed by atoms with Gasteiger partial charge in [-0.3, -0.25) is 9.59 Å². The van der Waals surface area contributed by atoms with E-state index in [-0.39, 0.29) is 18.0 Å². The van der Waals surface area contributed by atoms with Crippen molar-refractivity contribution in [2.75, 3.05) is 13.1 Å². The number of amides is 1. The molecular weight excluding hydrogens is 238 g/mol. The van der Waals surface area contributed by atoms with Gasteiger partial charge < -0.3 is 14.4 Å². The molecule has 1 aliphatic heterocycles. The third kappa shape index (κ3) is 2.13. The summed E-state index contributed by atoms with van der Waals surface area (Å²) in [6, 6.07) is 2.55. The lowest BCUT2D eigenvalue weighted by atomic mass is 9.90. The van der Waals surface area contributed by atoms with E-state index in [9.17, 15) is 14.4 Å². The molecule has 6 nitrogen and oxygen atoms in total. The Hall–Kier alpha value is -2.11. The Labute approximate surface area is 103 Å². The summed E-state index contributed by atoms with van der Waals surface area (Å²) in [4.78, 5) is 35.4. The normalized spacial score (nSPS) is 23.1. The van der Waals surface area contributed by atoms with Crippen LogP contribution in [0.5, 0.6) is 0 Å². The predicted molar refractivity (Wildman–Crippen MR) is 61.2 cm³/mol. The van der Waals surface area contributed by atoms with E-state index in [0.717, 1.165) is 6.26 Å². The average Bonchev–Trinajstić information content (AvgIpc) is 2.73. The zero-order valence-corrected chi connectivity index (χ0v) is 9.88. The number of likely N-dealkylation sites (tertiary alicyclic amines) is 1. The summed E-state index contributed by atoms with van der Waals surface area (Å²) in [6.07, 6.45) is 1.52. The summed E-state index contributed by atoms with van der Waals surface area (Å²) in [7, 11) is 0. The van der Waals surface area contributed by atoms with Gasteiger partial charge in [0.1, 0.15) is 6.26 Å². The minimum atomic E-state index is -0.905. The molecule has 6 heteroatoms. The molecule has 0 radical (unpaired) electrons. The first kappa shape index (κ1) is 12.3. The van der Waals surface area contributed by atoms with E-state index < -0.39 is 17.0 Å². The molecule has 96 valence electrons. The van der Waals surface area contributed by atoms with E-state index in [1.54, 1.807) is 6.92 Å². The maximum atomic E-state index is 12.0. The fourth-order valence-corrected chi connectivity index (χ4v) is 1.97. The monoisotopic (exact) mass is 251 g/mol. The maximum Gasteiger partial charge on any atom is 0.335 e. The SMILES string of the molecule is CC1(C(=O)O)CCN(C(=O)c2ccc(=O)oc2)C1. The lowest BCUT2D eigenvalue weighted by molar-refractivity contribution is -0.147. The van der Waals surface area contributed by atoms with Crippen molar-refractivity contribution < 1.29 is 19.1 Å². The first-order valence-corrected chi connectivity index (χ1v) is 5.54. The smallest absolute Gasteiger partial charge is 0.335 e. The molecule has 0 spiro atoms. The fourth-order valence-electron chi connectivity index (χ4n) is 1.97. The van der Waals surface area contributed by atoms with E-state index >= 15 is 0 Å². The van der Waals surface area contributed by atoms with Crippen molar-refractivity contribution in [2.24, 2.45) is 5.41 Å². The first-order valence-electron chi connectivity index (χ1n) is 5.54.